The van der Waals surface area contributed by atoms with Crippen LogP contribution in [0.3, 0.4) is 0 Å². The Balaban J connectivity index is 1.72. The highest BCUT2D eigenvalue weighted by Crippen LogP contribution is 2.02. The highest BCUT2D eigenvalue weighted by molar-refractivity contribution is 6.39. The van der Waals surface area contributed by atoms with Gasteiger partial charge in [0.1, 0.15) is 5.71 Å². The summed E-state index contributed by atoms with van der Waals surface area (Å²) in [7, 11) is 0. The molecule has 1 aliphatic rings. The van der Waals surface area contributed by atoms with Crippen LogP contribution in [0.15, 0.2) is 11.2 Å². The molecule has 1 aliphatic heterocycles. The summed E-state index contributed by atoms with van der Waals surface area (Å²) in [6.07, 6.45) is 1.51. The van der Waals surface area contributed by atoms with Crippen molar-refractivity contribution in [3.63, 3.8) is 0 Å². The summed E-state index contributed by atoms with van der Waals surface area (Å²) in [5, 5.41) is 10.9. The quantitative estimate of drug-likeness (QED) is 0.757. The zero-order valence-corrected chi connectivity index (χ0v) is 11.8. The average molecular weight is 277 g/mol. The van der Waals surface area contributed by atoms with Gasteiger partial charge in [0.25, 0.3) is 5.91 Å². The minimum atomic E-state index is -0.210. The summed E-state index contributed by atoms with van der Waals surface area (Å²) >= 11 is 0. The zero-order valence-electron chi connectivity index (χ0n) is 11.8. The number of hydrogen-bond donors (Lipinski definition) is 2. The second kappa shape index (κ2) is 6.31. The van der Waals surface area contributed by atoms with Crippen molar-refractivity contribution in [1.29, 1.82) is 0 Å². The third kappa shape index (κ3) is 3.66. The largest absolute Gasteiger partial charge is 0.351 e. The van der Waals surface area contributed by atoms with Crippen molar-refractivity contribution in [3.05, 3.63) is 17.5 Å². The van der Waals surface area contributed by atoms with E-state index in [1.165, 1.54) is 0 Å². The van der Waals surface area contributed by atoms with E-state index in [1.807, 2.05) is 24.6 Å². The minimum absolute atomic E-state index is 0.147. The smallest absolute Gasteiger partial charge is 0.267 e. The lowest BCUT2D eigenvalue weighted by molar-refractivity contribution is -0.121. The molecule has 2 heterocycles. The van der Waals surface area contributed by atoms with Crippen molar-refractivity contribution in [2.45, 2.75) is 39.7 Å². The Morgan fingerprint density at radius 1 is 1.45 bits per heavy atom. The maximum Gasteiger partial charge on any atom is 0.267 e. The predicted molar refractivity (Wildman–Crippen MR) is 74.1 cm³/mol. The molecule has 2 N–H and O–H groups in total. The Kier molecular flexibility index (Phi) is 4.49. The summed E-state index contributed by atoms with van der Waals surface area (Å²) in [4.78, 5) is 22.7. The van der Waals surface area contributed by atoms with Gasteiger partial charge < -0.3 is 5.32 Å². The van der Waals surface area contributed by atoms with E-state index in [1.54, 1.807) is 0 Å². The number of carbonyl (C=O) groups is 2. The van der Waals surface area contributed by atoms with Crippen LogP contribution in [0.25, 0.3) is 0 Å². The molecule has 7 heteroatoms. The van der Waals surface area contributed by atoms with Crippen LogP contribution >= 0.6 is 0 Å². The van der Waals surface area contributed by atoms with Crippen LogP contribution in [0.1, 0.15) is 30.7 Å². The number of rotatable bonds is 5. The van der Waals surface area contributed by atoms with Gasteiger partial charge in [-0.3, -0.25) is 14.3 Å². The van der Waals surface area contributed by atoms with E-state index in [9.17, 15) is 9.59 Å². The molecule has 1 aromatic rings. The van der Waals surface area contributed by atoms with Crippen molar-refractivity contribution in [2.24, 2.45) is 5.10 Å². The van der Waals surface area contributed by atoms with Gasteiger partial charge in [-0.2, -0.15) is 10.2 Å². The Morgan fingerprint density at radius 3 is 2.85 bits per heavy atom. The van der Waals surface area contributed by atoms with Crippen LogP contribution in [0.5, 0.6) is 0 Å². The molecule has 108 valence electrons. The molecule has 2 amide bonds. The number of aromatic nitrogens is 2. The fourth-order valence-corrected chi connectivity index (χ4v) is 2.07. The molecule has 0 radical (unpaired) electrons. The number of hydrazone groups is 1. The van der Waals surface area contributed by atoms with Gasteiger partial charge in [-0.05, 0) is 26.3 Å². The fourth-order valence-electron chi connectivity index (χ4n) is 2.07. The number of amides is 2. The molecule has 0 saturated heterocycles. The molecule has 0 atom stereocenters. The van der Waals surface area contributed by atoms with E-state index in [0.717, 1.165) is 24.4 Å². The standard InChI is InChI=1S/C13H19N5O2/c1-9-8-10(2)18(17-9)7-3-6-14-13(20)11-4-5-12(19)16-15-11/h8H,3-7H2,1-2H3,(H,14,20)(H,16,19). The molecule has 20 heavy (non-hydrogen) atoms. The van der Waals surface area contributed by atoms with E-state index < -0.39 is 0 Å². The summed E-state index contributed by atoms with van der Waals surface area (Å²) < 4.78 is 1.93. The normalized spacial score (nSPS) is 14.7. The Labute approximate surface area is 117 Å². The van der Waals surface area contributed by atoms with Gasteiger partial charge in [0.05, 0.1) is 5.69 Å². The van der Waals surface area contributed by atoms with Gasteiger partial charge in [0, 0.05) is 31.6 Å². The van der Waals surface area contributed by atoms with Crippen LogP contribution in [0.2, 0.25) is 0 Å². The Morgan fingerprint density at radius 2 is 2.25 bits per heavy atom. The highest BCUT2D eigenvalue weighted by Gasteiger charge is 2.17. The molecule has 0 spiro atoms. The summed E-state index contributed by atoms with van der Waals surface area (Å²) in [5.74, 6) is -0.357. The van der Waals surface area contributed by atoms with Crippen LogP contribution in [0.4, 0.5) is 0 Å². The lowest BCUT2D eigenvalue weighted by Crippen LogP contribution is -2.37. The van der Waals surface area contributed by atoms with Crippen molar-refractivity contribution in [3.8, 4) is 0 Å². The van der Waals surface area contributed by atoms with Gasteiger partial charge in [-0.15, -0.1) is 0 Å². The maximum atomic E-state index is 11.8. The number of aryl methyl sites for hydroxylation is 3. The van der Waals surface area contributed by atoms with Crippen molar-refractivity contribution < 1.29 is 9.59 Å². The van der Waals surface area contributed by atoms with E-state index >= 15 is 0 Å². The van der Waals surface area contributed by atoms with Crippen LogP contribution in [-0.2, 0) is 16.1 Å². The van der Waals surface area contributed by atoms with Gasteiger partial charge in [0.2, 0.25) is 5.91 Å². The second-order valence-electron chi connectivity index (χ2n) is 4.85. The summed E-state index contributed by atoms with van der Waals surface area (Å²) in [5.41, 5.74) is 4.82. The van der Waals surface area contributed by atoms with E-state index in [4.69, 9.17) is 0 Å². The summed E-state index contributed by atoms with van der Waals surface area (Å²) in [6.45, 7) is 5.30. The van der Waals surface area contributed by atoms with Crippen LogP contribution < -0.4 is 10.7 Å². The predicted octanol–water partition coefficient (Wildman–Crippen LogP) is 0.272. The Bertz CT molecular complexity index is 547. The second-order valence-corrected chi connectivity index (χ2v) is 4.85. The molecule has 0 aromatic carbocycles. The fraction of sp³-hybridized carbons (Fsp3) is 0.538. The lowest BCUT2D eigenvalue weighted by Gasteiger charge is -2.12. The van der Waals surface area contributed by atoms with Crippen LogP contribution in [0, 0.1) is 13.8 Å². The number of nitrogens with zero attached hydrogens (tertiary/aromatic N) is 3. The van der Waals surface area contributed by atoms with E-state index in [-0.39, 0.29) is 11.8 Å². The first-order valence-electron chi connectivity index (χ1n) is 6.71. The monoisotopic (exact) mass is 277 g/mol. The topological polar surface area (TPSA) is 88.4 Å². The molecule has 0 aliphatic carbocycles. The van der Waals surface area contributed by atoms with Gasteiger partial charge in [-0.25, -0.2) is 5.43 Å². The first kappa shape index (κ1) is 14.2. The first-order valence-corrected chi connectivity index (χ1v) is 6.71. The zero-order chi connectivity index (χ0) is 14.5. The number of nitrogens with one attached hydrogen (secondary N) is 2. The molecular weight excluding hydrogens is 258 g/mol. The van der Waals surface area contributed by atoms with E-state index in [0.29, 0.717) is 25.1 Å². The molecule has 7 nitrogen and oxygen atoms in total. The summed E-state index contributed by atoms with van der Waals surface area (Å²) in [6, 6.07) is 2.03. The van der Waals surface area contributed by atoms with Crippen molar-refractivity contribution in [1.82, 2.24) is 20.5 Å². The third-order valence-corrected chi connectivity index (χ3v) is 3.10. The lowest BCUT2D eigenvalue weighted by atomic mass is 10.1. The van der Waals surface area contributed by atoms with Crippen LogP contribution in [-0.4, -0.2) is 33.9 Å². The molecule has 0 fully saturated rings. The molecule has 0 unspecified atom stereocenters. The average Bonchev–Trinajstić information content (AvgIpc) is 2.73. The molecular formula is C13H19N5O2. The van der Waals surface area contributed by atoms with Gasteiger partial charge >= 0.3 is 0 Å². The van der Waals surface area contributed by atoms with E-state index in [2.05, 4.69) is 20.9 Å². The molecule has 0 saturated carbocycles. The number of hydrogen-bond acceptors (Lipinski definition) is 4. The molecule has 1 aromatic heterocycles. The molecule has 2 rings (SSSR count). The van der Waals surface area contributed by atoms with Crippen molar-refractivity contribution in [2.75, 3.05) is 6.54 Å². The molecule has 0 bridgehead atoms. The highest BCUT2D eigenvalue weighted by atomic mass is 16.2. The maximum absolute atomic E-state index is 11.8. The number of carbonyl (C=O) groups excluding carboxylic acids is 2. The van der Waals surface area contributed by atoms with Crippen molar-refractivity contribution >= 4 is 17.5 Å². The van der Waals surface area contributed by atoms with Gasteiger partial charge in [0.15, 0.2) is 0 Å². The first-order chi connectivity index (χ1) is 9.56. The van der Waals surface area contributed by atoms with Gasteiger partial charge in [-0.1, -0.05) is 0 Å². The third-order valence-electron chi connectivity index (χ3n) is 3.10. The SMILES string of the molecule is Cc1cc(C)n(CCCNC(=O)C2=NNC(=O)CC2)n1. The minimum Gasteiger partial charge on any atom is -0.351 e. The Hall–Kier alpha value is -2.18.